The number of para-hydroxylation sites is 1. The molecule has 1 aromatic carbocycles. The third-order valence-corrected chi connectivity index (χ3v) is 4.54. The van der Waals surface area contributed by atoms with E-state index < -0.39 is 5.97 Å². The highest BCUT2D eigenvalue weighted by Crippen LogP contribution is 2.31. The molecule has 1 aliphatic rings. The first-order valence-corrected chi connectivity index (χ1v) is 8.13. The van der Waals surface area contributed by atoms with Gasteiger partial charge < -0.3 is 14.3 Å². The van der Waals surface area contributed by atoms with Gasteiger partial charge in [-0.2, -0.15) is 0 Å². The molecule has 1 fully saturated rings. The van der Waals surface area contributed by atoms with E-state index in [1.165, 1.54) is 0 Å². The van der Waals surface area contributed by atoms with E-state index in [0.717, 1.165) is 35.9 Å². The first-order valence-electron chi connectivity index (χ1n) is 8.13. The van der Waals surface area contributed by atoms with Gasteiger partial charge in [0.2, 0.25) is 5.89 Å². The van der Waals surface area contributed by atoms with Crippen LogP contribution in [0, 0.1) is 12.8 Å². The van der Waals surface area contributed by atoms with Crippen molar-refractivity contribution in [1.82, 2.24) is 9.88 Å². The molecule has 0 radical (unpaired) electrons. The minimum atomic E-state index is -0.689. The summed E-state index contributed by atoms with van der Waals surface area (Å²) in [7, 11) is 1.63. The number of hydrogen-bond donors (Lipinski definition) is 1. The van der Waals surface area contributed by atoms with Crippen molar-refractivity contribution in [3.05, 3.63) is 35.7 Å². The molecule has 128 valence electrons. The Balaban J connectivity index is 1.72. The Morgan fingerprint density at radius 3 is 2.75 bits per heavy atom. The smallest absolute Gasteiger partial charge is 0.306 e. The molecule has 3 rings (SSSR count). The number of methoxy groups -OCH3 is 1. The maximum atomic E-state index is 11.0. The Bertz CT molecular complexity index is 718. The Labute approximate surface area is 141 Å². The topological polar surface area (TPSA) is 75.8 Å². The van der Waals surface area contributed by atoms with Crippen LogP contribution in [0.15, 0.2) is 28.7 Å². The molecule has 1 N–H and O–H groups in total. The van der Waals surface area contributed by atoms with Crippen LogP contribution in [0.5, 0.6) is 5.75 Å². The molecule has 1 saturated heterocycles. The predicted octanol–water partition coefficient (Wildman–Crippen LogP) is 2.96. The minimum Gasteiger partial charge on any atom is -0.496 e. The molecule has 2 heterocycles. The van der Waals surface area contributed by atoms with Gasteiger partial charge in [0.15, 0.2) is 0 Å². The SMILES string of the molecule is COc1ccccc1-c1nc(CN2CCC(C(=O)O)CC2)c(C)o1. The summed E-state index contributed by atoms with van der Waals surface area (Å²) in [4.78, 5) is 17.9. The largest absolute Gasteiger partial charge is 0.496 e. The number of carboxylic acid groups (broad SMARTS) is 1. The molecule has 0 amide bonds. The third-order valence-electron chi connectivity index (χ3n) is 4.54. The van der Waals surface area contributed by atoms with Crippen molar-refractivity contribution in [2.45, 2.75) is 26.3 Å². The number of hydrogen-bond acceptors (Lipinski definition) is 5. The van der Waals surface area contributed by atoms with Crippen LogP contribution in [-0.4, -0.2) is 41.2 Å². The third kappa shape index (κ3) is 3.43. The Hall–Kier alpha value is -2.34. The molecule has 0 spiro atoms. The van der Waals surface area contributed by atoms with E-state index in [1.54, 1.807) is 7.11 Å². The van der Waals surface area contributed by atoms with Gasteiger partial charge in [-0.1, -0.05) is 12.1 Å². The Kier molecular flexibility index (Phi) is 4.85. The quantitative estimate of drug-likeness (QED) is 0.908. The fourth-order valence-electron chi connectivity index (χ4n) is 3.06. The lowest BCUT2D eigenvalue weighted by Gasteiger charge is -2.29. The van der Waals surface area contributed by atoms with Crippen molar-refractivity contribution in [3.63, 3.8) is 0 Å². The van der Waals surface area contributed by atoms with Crippen molar-refractivity contribution in [3.8, 4) is 17.2 Å². The van der Waals surface area contributed by atoms with E-state index in [4.69, 9.17) is 14.3 Å². The zero-order chi connectivity index (χ0) is 17.1. The lowest BCUT2D eigenvalue weighted by molar-refractivity contribution is -0.143. The monoisotopic (exact) mass is 330 g/mol. The van der Waals surface area contributed by atoms with Crippen molar-refractivity contribution >= 4 is 5.97 Å². The molecule has 0 unspecified atom stereocenters. The van der Waals surface area contributed by atoms with Gasteiger partial charge >= 0.3 is 5.97 Å². The zero-order valence-electron chi connectivity index (χ0n) is 14.0. The standard InChI is InChI=1S/C18H22N2O4/c1-12-15(11-20-9-7-13(8-10-20)18(21)22)19-17(24-12)14-5-3-4-6-16(14)23-2/h3-6,13H,7-11H2,1-2H3,(H,21,22). The molecule has 1 aliphatic heterocycles. The van der Waals surface area contributed by atoms with E-state index in [2.05, 4.69) is 9.88 Å². The summed E-state index contributed by atoms with van der Waals surface area (Å²) in [5.74, 6) is 1.17. The van der Waals surface area contributed by atoms with Gasteiger partial charge in [-0.3, -0.25) is 9.69 Å². The van der Waals surface area contributed by atoms with Gasteiger partial charge in [0.25, 0.3) is 0 Å². The first-order chi connectivity index (χ1) is 11.6. The number of piperidine rings is 1. The number of oxazole rings is 1. The zero-order valence-corrected chi connectivity index (χ0v) is 14.0. The van der Waals surface area contributed by atoms with Crippen LogP contribution in [0.1, 0.15) is 24.3 Å². The van der Waals surface area contributed by atoms with Crippen LogP contribution in [-0.2, 0) is 11.3 Å². The fourth-order valence-corrected chi connectivity index (χ4v) is 3.06. The molecule has 0 atom stereocenters. The van der Waals surface area contributed by atoms with E-state index in [9.17, 15) is 4.79 Å². The van der Waals surface area contributed by atoms with Gasteiger partial charge in [0, 0.05) is 6.54 Å². The Morgan fingerprint density at radius 2 is 2.08 bits per heavy atom. The number of nitrogens with zero attached hydrogens (tertiary/aromatic N) is 2. The van der Waals surface area contributed by atoms with Crippen LogP contribution >= 0.6 is 0 Å². The van der Waals surface area contributed by atoms with Crippen molar-refractivity contribution in [1.29, 1.82) is 0 Å². The predicted molar refractivity (Wildman–Crippen MR) is 88.9 cm³/mol. The molecule has 24 heavy (non-hydrogen) atoms. The molecular formula is C18H22N2O4. The van der Waals surface area contributed by atoms with E-state index in [-0.39, 0.29) is 5.92 Å². The molecule has 6 nitrogen and oxygen atoms in total. The molecule has 0 bridgehead atoms. The van der Waals surface area contributed by atoms with Crippen LogP contribution in [0.4, 0.5) is 0 Å². The Morgan fingerprint density at radius 1 is 1.38 bits per heavy atom. The summed E-state index contributed by atoms with van der Waals surface area (Å²) in [5.41, 5.74) is 1.73. The molecule has 0 saturated carbocycles. The number of aliphatic carboxylic acids is 1. The summed E-state index contributed by atoms with van der Waals surface area (Å²) in [6.07, 6.45) is 1.37. The van der Waals surface area contributed by atoms with E-state index in [0.29, 0.717) is 25.3 Å². The summed E-state index contributed by atoms with van der Waals surface area (Å²) in [6.45, 7) is 4.13. The van der Waals surface area contributed by atoms with Gasteiger partial charge in [-0.15, -0.1) is 0 Å². The van der Waals surface area contributed by atoms with Gasteiger partial charge in [0.05, 0.1) is 24.3 Å². The highest BCUT2D eigenvalue weighted by Gasteiger charge is 2.25. The lowest BCUT2D eigenvalue weighted by atomic mass is 9.97. The minimum absolute atomic E-state index is 0.219. The average Bonchev–Trinajstić information content (AvgIpc) is 2.96. The number of ether oxygens (including phenoxy) is 1. The average molecular weight is 330 g/mol. The molecule has 2 aromatic rings. The summed E-state index contributed by atoms with van der Waals surface area (Å²) >= 11 is 0. The summed E-state index contributed by atoms with van der Waals surface area (Å²) < 4.78 is 11.2. The van der Waals surface area contributed by atoms with Crippen LogP contribution < -0.4 is 4.74 Å². The van der Waals surface area contributed by atoms with Crippen LogP contribution in [0.2, 0.25) is 0 Å². The fraction of sp³-hybridized carbons (Fsp3) is 0.444. The number of rotatable bonds is 5. The highest BCUT2D eigenvalue weighted by molar-refractivity contribution is 5.70. The molecule has 0 aliphatic carbocycles. The maximum Gasteiger partial charge on any atom is 0.306 e. The van der Waals surface area contributed by atoms with E-state index >= 15 is 0 Å². The summed E-state index contributed by atoms with van der Waals surface area (Å²) in [5, 5.41) is 9.08. The number of carbonyl (C=O) groups is 1. The number of benzene rings is 1. The van der Waals surface area contributed by atoms with Crippen LogP contribution in [0.25, 0.3) is 11.5 Å². The number of carboxylic acids is 1. The second-order valence-corrected chi connectivity index (χ2v) is 6.11. The first kappa shape index (κ1) is 16.5. The van der Waals surface area contributed by atoms with Crippen molar-refractivity contribution < 1.29 is 19.1 Å². The maximum absolute atomic E-state index is 11.0. The number of likely N-dealkylation sites (tertiary alicyclic amines) is 1. The number of aromatic nitrogens is 1. The summed E-state index contributed by atoms with van der Waals surface area (Å²) in [6, 6.07) is 7.64. The second kappa shape index (κ2) is 7.05. The van der Waals surface area contributed by atoms with E-state index in [1.807, 2.05) is 31.2 Å². The van der Waals surface area contributed by atoms with Gasteiger partial charge in [0.1, 0.15) is 11.5 Å². The van der Waals surface area contributed by atoms with Gasteiger partial charge in [-0.05, 0) is 45.0 Å². The van der Waals surface area contributed by atoms with Crippen molar-refractivity contribution in [2.24, 2.45) is 5.92 Å². The normalized spacial score (nSPS) is 16.2. The molecular weight excluding hydrogens is 308 g/mol. The number of aryl methyl sites for hydroxylation is 1. The van der Waals surface area contributed by atoms with Crippen LogP contribution in [0.3, 0.4) is 0 Å². The second-order valence-electron chi connectivity index (χ2n) is 6.11. The molecule has 6 heteroatoms. The van der Waals surface area contributed by atoms with Crippen molar-refractivity contribution in [2.75, 3.05) is 20.2 Å². The lowest BCUT2D eigenvalue weighted by Crippen LogP contribution is -2.36. The molecule has 1 aromatic heterocycles. The van der Waals surface area contributed by atoms with Gasteiger partial charge in [-0.25, -0.2) is 4.98 Å². The highest BCUT2D eigenvalue weighted by atomic mass is 16.5.